The zero-order valence-corrected chi connectivity index (χ0v) is 14.2. The number of aryl methyl sites for hydroxylation is 2. The average molecular weight is 361 g/mol. The molecule has 0 atom stereocenters. The lowest BCUT2D eigenvalue weighted by molar-refractivity contribution is 1.01. The summed E-state index contributed by atoms with van der Waals surface area (Å²) in [5.41, 5.74) is 5.88. The summed E-state index contributed by atoms with van der Waals surface area (Å²) in [5.74, 6) is 0. The first-order chi connectivity index (χ1) is 10.1. The number of hydrogen-bond acceptors (Lipinski definition) is 0. The van der Waals surface area contributed by atoms with E-state index >= 15 is 0 Å². The molecule has 0 unspecified atom stereocenters. The highest BCUT2D eigenvalue weighted by Gasteiger charge is 2.11. The first-order valence-corrected chi connectivity index (χ1v) is 7.94. The SMILES string of the molecule is Cc1ccc(Cl)cc1-n1c(C)ccc1-c1ccc(Br)cc1. The molecule has 0 spiro atoms. The maximum absolute atomic E-state index is 6.19. The van der Waals surface area contributed by atoms with Crippen LogP contribution in [0, 0.1) is 13.8 Å². The molecule has 0 aliphatic rings. The quantitative estimate of drug-likeness (QED) is 0.514. The van der Waals surface area contributed by atoms with Crippen LogP contribution in [0.1, 0.15) is 11.3 Å². The Morgan fingerprint density at radius 3 is 2.33 bits per heavy atom. The van der Waals surface area contributed by atoms with Crippen molar-refractivity contribution in [2.24, 2.45) is 0 Å². The van der Waals surface area contributed by atoms with Gasteiger partial charge in [0.1, 0.15) is 0 Å². The molecule has 21 heavy (non-hydrogen) atoms. The zero-order chi connectivity index (χ0) is 15.0. The van der Waals surface area contributed by atoms with E-state index in [1.54, 1.807) is 0 Å². The van der Waals surface area contributed by atoms with Crippen molar-refractivity contribution in [2.75, 3.05) is 0 Å². The minimum atomic E-state index is 0.755. The van der Waals surface area contributed by atoms with Crippen LogP contribution in [0.15, 0.2) is 59.1 Å². The molecule has 0 aliphatic heterocycles. The molecular formula is C18H15BrClN. The molecule has 0 N–H and O–H groups in total. The first kappa shape index (κ1) is 14.4. The van der Waals surface area contributed by atoms with E-state index in [9.17, 15) is 0 Å². The van der Waals surface area contributed by atoms with Gasteiger partial charge in [-0.2, -0.15) is 0 Å². The molecule has 0 radical (unpaired) electrons. The Bertz CT molecular complexity index is 787. The van der Waals surface area contributed by atoms with Crippen LogP contribution in [0.4, 0.5) is 0 Å². The van der Waals surface area contributed by atoms with Crippen LogP contribution in [0.3, 0.4) is 0 Å². The van der Waals surface area contributed by atoms with Crippen molar-refractivity contribution in [3.63, 3.8) is 0 Å². The Morgan fingerprint density at radius 2 is 1.62 bits per heavy atom. The highest BCUT2D eigenvalue weighted by Crippen LogP contribution is 2.30. The number of benzene rings is 2. The molecule has 3 aromatic rings. The van der Waals surface area contributed by atoms with Crippen LogP contribution in [0.5, 0.6) is 0 Å². The van der Waals surface area contributed by atoms with Gasteiger partial charge >= 0.3 is 0 Å². The van der Waals surface area contributed by atoms with Crippen molar-refractivity contribution < 1.29 is 0 Å². The van der Waals surface area contributed by atoms with Crippen LogP contribution >= 0.6 is 27.5 Å². The Hall–Kier alpha value is -1.51. The molecule has 106 valence electrons. The molecule has 0 saturated carbocycles. The Kier molecular flexibility index (Phi) is 3.92. The molecule has 1 heterocycles. The zero-order valence-electron chi connectivity index (χ0n) is 11.9. The average Bonchev–Trinajstić information content (AvgIpc) is 2.84. The lowest BCUT2D eigenvalue weighted by Crippen LogP contribution is -2.01. The maximum Gasteiger partial charge on any atom is 0.0531 e. The molecule has 0 saturated heterocycles. The molecule has 1 aromatic heterocycles. The van der Waals surface area contributed by atoms with Gasteiger partial charge in [-0.3, -0.25) is 0 Å². The minimum absolute atomic E-state index is 0.755. The third-order valence-electron chi connectivity index (χ3n) is 3.63. The van der Waals surface area contributed by atoms with Crippen molar-refractivity contribution in [2.45, 2.75) is 13.8 Å². The molecule has 2 aromatic carbocycles. The third-order valence-corrected chi connectivity index (χ3v) is 4.39. The van der Waals surface area contributed by atoms with E-state index in [4.69, 9.17) is 11.6 Å². The molecule has 3 rings (SSSR count). The van der Waals surface area contributed by atoms with Crippen LogP contribution in [0.2, 0.25) is 5.02 Å². The van der Waals surface area contributed by atoms with Crippen LogP contribution in [-0.4, -0.2) is 4.57 Å². The monoisotopic (exact) mass is 359 g/mol. The van der Waals surface area contributed by atoms with Gasteiger partial charge in [0, 0.05) is 15.2 Å². The standard InChI is InChI=1S/C18H15BrClN/c1-12-3-9-16(20)11-18(12)21-13(2)4-10-17(21)14-5-7-15(19)8-6-14/h3-11H,1-2H3. The smallest absolute Gasteiger partial charge is 0.0531 e. The van der Waals surface area contributed by atoms with E-state index in [2.05, 4.69) is 76.8 Å². The molecule has 0 amide bonds. The van der Waals surface area contributed by atoms with Crippen molar-refractivity contribution in [3.8, 4) is 16.9 Å². The van der Waals surface area contributed by atoms with Crippen molar-refractivity contribution >= 4 is 27.5 Å². The normalized spacial score (nSPS) is 10.9. The van der Waals surface area contributed by atoms with E-state index in [1.807, 2.05) is 12.1 Å². The van der Waals surface area contributed by atoms with Crippen LogP contribution in [0.25, 0.3) is 16.9 Å². The second kappa shape index (κ2) is 5.70. The van der Waals surface area contributed by atoms with E-state index in [0.717, 1.165) is 15.2 Å². The molecule has 1 nitrogen and oxygen atoms in total. The van der Waals surface area contributed by atoms with Crippen LogP contribution < -0.4 is 0 Å². The van der Waals surface area contributed by atoms with Gasteiger partial charge in [0.15, 0.2) is 0 Å². The van der Waals surface area contributed by atoms with Gasteiger partial charge in [0.25, 0.3) is 0 Å². The molecule has 0 aliphatic carbocycles. The van der Waals surface area contributed by atoms with Crippen molar-refractivity contribution in [1.82, 2.24) is 4.57 Å². The molecule has 0 fully saturated rings. The summed E-state index contributed by atoms with van der Waals surface area (Å²) in [6.07, 6.45) is 0. The van der Waals surface area contributed by atoms with Gasteiger partial charge in [-0.15, -0.1) is 0 Å². The Labute approximate surface area is 138 Å². The van der Waals surface area contributed by atoms with Crippen molar-refractivity contribution in [1.29, 1.82) is 0 Å². The fourth-order valence-electron chi connectivity index (χ4n) is 2.53. The predicted octanol–water partition coefficient (Wildman–Crippen LogP) is 6.18. The predicted molar refractivity (Wildman–Crippen MR) is 93.4 cm³/mol. The lowest BCUT2D eigenvalue weighted by Gasteiger charge is -2.15. The highest BCUT2D eigenvalue weighted by molar-refractivity contribution is 9.10. The van der Waals surface area contributed by atoms with Crippen LogP contribution in [-0.2, 0) is 0 Å². The largest absolute Gasteiger partial charge is 0.314 e. The summed E-state index contributed by atoms with van der Waals surface area (Å²) in [5, 5.41) is 0.755. The first-order valence-electron chi connectivity index (χ1n) is 6.77. The molecule has 0 bridgehead atoms. The van der Waals surface area contributed by atoms with E-state index in [-0.39, 0.29) is 0 Å². The molecular weight excluding hydrogens is 346 g/mol. The molecule has 3 heteroatoms. The van der Waals surface area contributed by atoms with Gasteiger partial charge < -0.3 is 4.57 Å². The Morgan fingerprint density at radius 1 is 0.905 bits per heavy atom. The second-order valence-corrected chi connectivity index (χ2v) is 6.49. The van der Waals surface area contributed by atoms with Gasteiger partial charge in [-0.1, -0.05) is 45.7 Å². The summed E-state index contributed by atoms with van der Waals surface area (Å²) in [6.45, 7) is 4.22. The minimum Gasteiger partial charge on any atom is -0.314 e. The number of nitrogens with zero attached hydrogens (tertiary/aromatic N) is 1. The van der Waals surface area contributed by atoms with Gasteiger partial charge in [0.05, 0.1) is 11.4 Å². The van der Waals surface area contributed by atoms with Gasteiger partial charge in [-0.25, -0.2) is 0 Å². The van der Waals surface area contributed by atoms with Gasteiger partial charge in [0.2, 0.25) is 0 Å². The lowest BCUT2D eigenvalue weighted by atomic mass is 10.1. The topological polar surface area (TPSA) is 4.93 Å². The van der Waals surface area contributed by atoms with Gasteiger partial charge in [-0.05, 0) is 61.4 Å². The van der Waals surface area contributed by atoms with E-state index < -0.39 is 0 Å². The number of hydrogen-bond donors (Lipinski definition) is 0. The summed E-state index contributed by atoms with van der Waals surface area (Å²) < 4.78 is 3.34. The number of aromatic nitrogens is 1. The highest BCUT2D eigenvalue weighted by atomic mass is 79.9. The van der Waals surface area contributed by atoms with E-state index in [1.165, 1.54) is 22.5 Å². The fraction of sp³-hybridized carbons (Fsp3) is 0.111. The summed E-state index contributed by atoms with van der Waals surface area (Å²) >= 11 is 9.67. The number of rotatable bonds is 2. The maximum atomic E-state index is 6.19. The van der Waals surface area contributed by atoms with Crippen molar-refractivity contribution in [3.05, 3.63) is 75.4 Å². The number of halogens is 2. The summed E-state index contributed by atoms with van der Waals surface area (Å²) in [6, 6.07) is 18.7. The third kappa shape index (κ3) is 2.78. The summed E-state index contributed by atoms with van der Waals surface area (Å²) in [4.78, 5) is 0. The Balaban J connectivity index is 2.22. The van der Waals surface area contributed by atoms with E-state index in [0.29, 0.717) is 0 Å². The second-order valence-electron chi connectivity index (χ2n) is 5.13. The summed E-state index contributed by atoms with van der Waals surface area (Å²) in [7, 11) is 0. The fourth-order valence-corrected chi connectivity index (χ4v) is 2.96.